The van der Waals surface area contributed by atoms with Gasteiger partial charge in [-0.1, -0.05) is 98.8 Å². The molecule has 7 heteroatoms. The number of unbranched alkanes of at least 4 members (excludes halogenated alkanes) is 11. The first-order valence-electron chi connectivity index (χ1n) is 16.7. The number of carbonyl (C=O) groups is 2. The molecule has 0 bridgehead atoms. The van der Waals surface area contributed by atoms with Gasteiger partial charge in [-0.25, -0.2) is 0 Å². The highest BCUT2D eigenvalue weighted by atomic mass is 16.7. The lowest BCUT2D eigenvalue weighted by molar-refractivity contribution is -0.160. The maximum absolute atomic E-state index is 12.4. The lowest BCUT2D eigenvalue weighted by Crippen LogP contribution is -2.24. The molecular weight excluding hydrogens is 506 g/mol. The molecule has 238 valence electrons. The first kappa shape index (κ1) is 38.8. The fraction of sp³-hybridized carbons (Fsp3) is 0.939. The van der Waals surface area contributed by atoms with Gasteiger partial charge in [-0.05, 0) is 45.3 Å². The second kappa shape index (κ2) is 29.3. The quantitative estimate of drug-likeness (QED) is 0.0490. The van der Waals surface area contributed by atoms with Gasteiger partial charge in [0.05, 0.1) is 19.6 Å². The van der Waals surface area contributed by atoms with Crippen LogP contribution in [-0.2, 0) is 28.5 Å². The van der Waals surface area contributed by atoms with E-state index in [4.69, 9.17) is 18.9 Å². The van der Waals surface area contributed by atoms with E-state index in [1.54, 1.807) is 0 Å². The van der Waals surface area contributed by atoms with Crippen LogP contribution in [0.1, 0.15) is 144 Å². The fourth-order valence-corrected chi connectivity index (χ4v) is 4.45. The summed E-state index contributed by atoms with van der Waals surface area (Å²) >= 11 is 0. The Labute approximate surface area is 247 Å². The summed E-state index contributed by atoms with van der Waals surface area (Å²) in [5, 5.41) is 0. The molecule has 0 aromatic heterocycles. The van der Waals surface area contributed by atoms with Crippen LogP contribution >= 0.6 is 0 Å². The lowest BCUT2D eigenvalue weighted by Gasteiger charge is -2.19. The fourth-order valence-electron chi connectivity index (χ4n) is 4.45. The number of carbonyl (C=O) groups excluding carboxylic acids is 2. The summed E-state index contributed by atoms with van der Waals surface area (Å²) in [5.74, 6) is -0.469. The normalized spacial score (nSPS) is 12.3. The zero-order valence-corrected chi connectivity index (χ0v) is 27.0. The summed E-state index contributed by atoms with van der Waals surface area (Å²) in [4.78, 5) is 26.8. The molecule has 0 rings (SSSR count). The zero-order valence-electron chi connectivity index (χ0n) is 27.0. The molecule has 1 atom stereocenters. The third kappa shape index (κ3) is 25.8. The summed E-state index contributed by atoms with van der Waals surface area (Å²) in [6.45, 7) is 15.6. The molecule has 0 aliphatic heterocycles. The van der Waals surface area contributed by atoms with E-state index in [0.29, 0.717) is 26.1 Å². The molecule has 0 amide bonds. The van der Waals surface area contributed by atoms with Crippen LogP contribution in [0.2, 0.25) is 0 Å². The first-order chi connectivity index (χ1) is 19.5. The van der Waals surface area contributed by atoms with Gasteiger partial charge >= 0.3 is 11.9 Å². The van der Waals surface area contributed by atoms with Gasteiger partial charge in [0.25, 0.3) is 0 Å². The van der Waals surface area contributed by atoms with E-state index in [2.05, 4.69) is 32.6 Å². The third-order valence-electron chi connectivity index (χ3n) is 7.24. The van der Waals surface area contributed by atoms with Crippen LogP contribution < -0.4 is 0 Å². The maximum atomic E-state index is 12.4. The predicted octanol–water partition coefficient (Wildman–Crippen LogP) is 8.08. The first-order valence-corrected chi connectivity index (χ1v) is 16.7. The summed E-state index contributed by atoms with van der Waals surface area (Å²) in [5.41, 5.74) is 0. The van der Waals surface area contributed by atoms with Gasteiger partial charge in [0, 0.05) is 32.0 Å². The summed E-state index contributed by atoms with van der Waals surface area (Å²) in [7, 11) is 0. The second-order valence-corrected chi connectivity index (χ2v) is 11.2. The SMILES string of the molecule is CCCCCCCCOC(CCC(=O)OCC(C)COC(=O)CCCCN(CC)CC)OCCCCCCCC. The number of rotatable bonds is 30. The monoisotopic (exact) mass is 571 g/mol. The van der Waals surface area contributed by atoms with E-state index >= 15 is 0 Å². The smallest absolute Gasteiger partial charge is 0.305 e. The molecule has 0 aliphatic carbocycles. The molecule has 7 nitrogen and oxygen atoms in total. The van der Waals surface area contributed by atoms with Gasteiger partial charge < -0.3 is 23.8 Å². The van der Waals surface area contributed by atoms with E-state index in [1.807, 2.05) is 6.92 Å². The van der Waals surface area contributed by atoms with Crippen LogP contribution in [0.3, 0.4) is 0 Å². The van der Waals surface area contributed by atoms with E-state index in [0.717, 1.165) is 45.3 Å². The number of ether oxygens (including phenoxy) is 4. The molecular formula is C33H65NO6. The highest BCUT2D eigenvalue weighted by Crippen LogP contribution is 2.12. The van der Waals surface area contributed by atoms with Gasteiger partial charge in [-0.2, -0.15) is 0 Å². The van der Waals surface area contributed by atoms with E-state index < -0.39 is 0 Å². The molecule has 0 spiro atoms. The van der Waals surface area contributed by atoms with Gasteiger partial charge in [0.1, 0.15) is 0 Å². The summed E-state index contributed by atoms with van der Waals surface area (Å²) in [6.07, 6.45) is 17.2. The molecule has 0 aromatic carbocycles. The Morgan fingerprint density at radius 2 is 1.07 bits per heavy atom. The van der Waals surface area contributed by atoms with Crippen molar-refractivity contribution in [3.8, 4) is 0 Å². The van der Waals surface area contributed by atoms with Crippen LogP contribution in [-0.4, -0.2) is 69.2 Å². The molecule has 0 heterocycles. The van der Waals surface area contributed by atoms with Crippen molar-refractivity contribution in [1.82, 2.24) is 4.90 Å². The standard InChI is InChI=1S/C33H65NO6/c1-6-10-12-14-16-20-26-37-33(38-27-21-17-15-13-11-7-2)24-23-32(36)40-29-30(5)28-39-31(35)22-18-19-25-34(8-3)9-4/h30,33H,6-29H2,1-5H3. The van der Waals surface area contributed by atoms with Crippen LogP contribution in [0.25, 0.3) is 0 Å². The molecule has 0 aromatic rings. The average Bonchev–Trinajstić information content (AvgIpc) is 2.96. The lowest BCUT2D eigenvalue weighted by atomic mass is 10.1. The Bertz CT molecular complexity index is 551. The number of hydrogen-bond donors (Lipinski definition) is 0. The van der Waals surface area contributed by atoms with Crippen molar-refractivity contribution in [1.29, 1.82) is 0 Å². The second-order valence-electron chi connectivity index (χ2n) is 11.2. The Morgan fingerprint density at radius 3 is 1.57 bits per heavy atom. The Kier molecular flexibility index (Phi) is 28.5. The highest BCUT2D eigenvalue weighted by molar-refractivity contribution is 5.69. The summed E-state index contributed by atoms with van der Waals surface area (Å²) < 4.78 is 22.9. The molecule has 0 N–H and O–H groups in total. The van der Waals surface area contributed by atoms with E-state index in [9.17, 15) is 9.59 Å². The predicted molar refractivity (Wildman–Crippen MR) is 164 cm³/mol. The Hall–Kier alpha value is -1.18. The van der Waals surface area contributed by atoms with E-state index in [1.165, 1.54) is 64.2 Å². The van der Waals surface area contributed by atoms with Crippen LogP contribution in [0.4, 0.5) is 0 Å². The zero-order chi connectivity index (χ0) is 29.7. The number of nitrogens with zero attached hydrogens (tertiary/aromatic N) is 1. The molecule has 0 radical (unpaired) electrons. The van der Waals surface area contributed by atoms with E-state index in [-0.39, 0.29) is 43.8 Å². The van der Waals surface area contributed by atoms with Crippen molar-refractivity contribution < 1.29 is 28.5 Å². The molecule has 0 aliphatic rings. The number of esters is 2. The van der Waals surface area contributed by atoms with Crippen LogP contribution in [0.15, 0.2) is 0 Å². The minimum absolute atomic E-state index is 0.0349. The molecule has 0 saturated heterocycles. The molecule has 1 unspecified atom stereocenters. The third-order valence-corrected chi connectivity index (χ3v) is 7.24. The minimum Gasteiger partial charge on any atom is -0.465 e. The highest BCUT2D eigenvalue weighted by Gasteiger charge is 2.15. The molecule has 40 heavy (non-hydrogen) atoms. The molecule has 0 saturated carbocycles. The van der Waals surface area contributed by atoms with Crippen LogP contribution in [0, 0.1) is 5.92 Å². The van der Waals surface area contributed by atoms with Gasteiger partial charge in [0.2, 0.25) is 0 Å². The van der Waals surface area contributed by atoms with Gasteiger partial charge in [-0.15, -0.1) is 0 Å². The topological polar surface area (TPSA) is 74.3 Å². The van der Waals surface area contributed by atoms with Crippen molar-refractivity contribution >= 4 is 11.9 Å². The average molecular weight is 572 g/mol. The van der Waals surface area contributed by atoms with Gasteiger partial charge in [-0.3, -0.25) is 9.59 Å². The Morgan fingerprint density at radius 1 is 0.600 bits per heavy atom. The van der Waals surface area contributed by atoms with Crippen molar-refractivity contribution in [2.75, 3.05) is 46.1 Å². The summed E-state index contributed by atoms with van der Waals surface area (Å²) in [6, 6.07) is 0. The van der Waals surface area contributed by atoms with Crippen molar-refractivity contribution in [3.63, 3.8) is 0 Å². The number of hydrogen-bond acceptors (Lipinski definition) is 7. The Balaban J connectivity index is 4.17. The van der Waals surface area contributed by atoms with Crippen LogP contribution in [0.5, 0.6) is 0 Å². The largest absolute Gasteiger partial charge is 0.465 e. The van der Waals surface area contributed by atoms with Crippen molar-refractivity contribution in [2.24, 2.45) is 5.92 Å². The molecule has 0 fully saturated rings. The van der Waals surface area contributed by atoms with Crippen molar-refractivity contribution in [2.45, 2.75) is 150 Å². The van der Waals surface area contributed by atoms with Gasteiger partial charge in [0.15, 0.2) is 6.29 Å². The van der Waals surface area contributed by atoms with Crippen molar-refractivity contribution in [3.05, 3.63) is 0 Å². The maximum Gasteiger partial charge on any atom is 0.305 e. The minimum atomic E-state index is -0.362.